The molecule has 2 rings (SSSR count). The van der Waals surface area contributed by atoms with Crippen LogP contribution in [0.1, 0.15) is 5.56 Å². The zero-order valence-electron chi connectivity index (χ0n) is 9.91. The summed E-state index contributed by atoms with van der Waals surface area (Å²) in [5.41, 5.74) is 12.5. The second-order valence-electron chi connectivity index (χ2n) is 3.78. The molecule has 0 atom stereocenters. The lowest BCUT2D eigenvalue weighted by Crippen LogP contribution is -2.21. The molecule has 0 aliphatic carbocycles. The summed E-state index contributed by atoms with van der Waals surface area (Å²) in [4.78, 5) is 4.02. The van der Waals surface area contributed by atoms with Crippen molar-refractivity contribution in [1.29, 1.82) is 0 Å². The smallest absolute Gasteiger partial charge is 0.191 e. The van der Waals surface area contributed by atoms with Gasteiger partial charge in [0, 0.05) is 0 Å². The molecule has 0 saturated heterocycles. The number of para-hydroxylation sites is 2. The SMILES string of the molecule is NC(N)=Nc1ccccc1OCc1ccccc1. The normalized spacial score (nSPS) is 9.78. The van der Waals surface area contributed by atoms with Crippen molar-refractivity contribution in [3.05, 3.63) is 60.2 Å². The van der Waals surface area contributed by atoms with E-state index in [1.54, 1.807) is 6.07 Å². The number of hydrogen-bond acceptors (Lipinski definition) is 2. The quantitative estimate of drug-likeness (QED) is 0.636. The zero-order chi connectivity index (χ0) is 12.8. The Balaban J connectivity index is 2.12. The maximum atomic E-state index is 5.71. The Labute approximate surface area is 106 Å². The lowest BCUT2D eigenvalue weighted by molar-refractivity contribution is 0.307. The van der Waals surface area contributed by atoms with Gasteiger partial charge in [0.25, 0.3) is 0 Å². The van der Waals surface area contributed by atoms with Crippen molar-refractivity contribution in [3.8, 4) is 5.75 Å². The van der Waals surface area contributed by atoms with Gasteiger partial charge in [-0.25, -0.2) is 4.99 Å². The van der Waals surface area contributed by atoms with Crippen LogP contribution in [0.3, 0.4) is 0 Å². The molecule has 0 aliphatic heterocycles. The Hall–Kier alpha value is -2.49. The summed E-state index contributed by atoms with van der Waals surface area (Å²) >= 11 is 0. The first-order valence-electron chi connectivity index (χ1n) is 5.61. The van der Waals surface area contributed by atoms with E-state index in [1.807, 2.05) is 48.5 Å². The van der Waals surface area contributed by atoms with E-state index in [9.17, 15) is 0 Å². The highest BCUT2D eigenvalue weighted by Gasteiger charge is 2.02. The highest BCUT2D eigenvalue weighted by Crippen LogP contribution is 2.27. The Morgan fingerprint density at radius 1 is 0.944 bits per heavy atom. The largest absolute Gasteiger partial charge is 0.487 e. The molecule has 0 bridgehead atoms. The maximum absolute atomic E-state index is 5.71. The first-order valence-corrected chi connectivity index (χ1v) is 5.61. The molecule has 4 heteroatoms. The minimum atomic E-state index is 0.0192. The molecule has 0 aromatic heterocycles. The van der Waals surface area contributed by atoms with E-state index in [-0.39, 0.29) is 5.96 Å². The fourth-order valence-electron chi connectivity index (χ4n) is 1.55. The van der Waals surface area contributed by atoms with E-state index in [0.717, 1.165) is 5.56 Å². The standard InChI is InChI=1S/C14H15N3O/c15-14(16)17-12-8-4-5-9-13(12)18-10-11-6-2-1-3-7-11/h1-9H,10H2,(H4,15,16,17). The zero-order valence-corrected chi connectivity index (χ0v) is 9.91. The number of rotatable bonds is 4. The van der Waals surface area contributed by atoms with Crippen LogP contribution in [-0.2, 0) is 6.61 Å². The molecule has 0 unspecified atom stereocenters. The summed E-state index contributed by atoms with van der Waals surface area (Å²) in [5, 5.41) is 0. The van der Waals surface area contributed by atoms with Gasteiger partial charge in [0.2, 0.25) is 0 Å². The van der Waals surface area contributed by atoms with E-state index in [0.29, 0.717) is 18.0 Å². The van der Waals surface area contributed by atoms with Crippen LogP contribution < -0.4 is 16.2 Å². The van der Waals surface area contributed by atoms with Crippen molar-refractivity contribution in [2.45, 2.75) is 6.61 Å². The van der Waals surface area contributed by atoms with Crippen molar-refractivity contribution in [2.24, 2.45) is 16.5 Å². The minimum absolute atomic E-state index is 0.0192. The first kappa shape index (κ1) is 12.0. The Morgan fingerprint density at radius 3 is 2.33 bits per heavy atom. The monoisotopic (exact) mass is 241 g/mol. The van der Waals surface area contributed by atoms with E-state index < -0.39 is 0 Å². The maximum Gasteiger partial charge on any atom is 0.191 e. The fourth-order valence-corrected chi connectivity index (χ4v) is 1.55. The van der Waals surface area contributed by atoms with E-state index >= 15 is 0 Å². The average Bonchev–Trinajstić information content (AvgIpc) is 2.38. The predicted molar refractivity (Wildman–Crippen MR) is 72.7 cm³/mol. The molecule has 0 fully saturated rings. The second kappa shape index (κ2) is 5.72. The number of aliphatic imine (C=N–C) groups is 1. The highest BCUT2D eigenvalue weighted by atomic mass is 16.5. The third-order valence-electron chi connectivity index (χ3n) is 2.35. The van der Waals surface area contributed by atoms with Gasteiger partial charge in [-0.3, -0.25) is 0 Å². The summed E-state index contributed by atoms with van der Waals surface area (Å²) in [6, 6.07) is 17.3. The molecule has 2 aromatic carbocycles. The van der Waals surface area contributed by atoms with Gasteiger partial charge in [0.05, 0.1) is 0 Å². The number of nitrogens with two attached hydrogens (primary N) is 2. The van der Waals surface area contributed by atoms with Crippen molar-refractivity contribution in [1.82, 2.24) is 0 Å². The minimum Gasteiger partial charge on any atom is -0.487 e. The van der Waals surface area contributed by atoms with E-state index in [4.69, 9.17) is 16.2 Å². The average molecular weight is 241 g/mol. The highest BCUT2D eigenvalue weighted by molar-refractivity contribution is 5.80. The van der Waals surface area contributed by atoms with Crippen LogP contribution in [0, 0.1) is 0 Å². The summed E-state index contributed by atoms with van der Waals surface area (Å²) in [5.74, 6) is 0.681. The molecular formula is C14H15N3O. The fraction of sp³-hybridized carbons (Fsp3) is 0.0714. The van der Waals surface area contributed by atoms with Gasteiger partial charge in [0.1, 0.15) is 18.0 Å². The second-order valence-corrected chi connectivity index (χ2v) is 3.78. The Morgan fingerprint density at radius 2 is 1.61 bits per heavy atom. The predicted octanol–water partition coefficient (Wildman–Crippen LogP) is 2.17. The van der Waals surface area contributed by atoms with Crippen molar-refractivity contribution < 1.29 is 4.74 Å². The van der Waals surface area contributed by atoms with Crippen LogP contribution in [0.5, 0.6) is 5.75 Å². The number of guanidine groups is 1. The topological polar surface area (TPSA) is 73.6 Å². The first-order chi connectivity index (χ1) is 8.75. The van der Waals surface area contributed by atoms with E-state index in [1.165, 1.54) is 0 Å². The summed E-state index contributed by atoms with van der Waals surface area (Å²) < 4.78 is 5.71. The molecule has 0 amide bonds. The molecule has 4 nitrogen and oxygen atoms in total. The Kier molecular flexibility index (Phi) is 3.81. The van der Waals surface area contributed by atoms with Crippen molar-refractivity contribution >= 4 is 11.6 Å². The summed E-state index contributed by atoms with van der Waals surface area (Å²) in [6.07, 6.45) is 0. The van der Waals surface area contributed by atoms with Crippen LogP contribution in [-0.4, -0.2) is 5.96 Å². The van der Waals surface area contributed by atoms with Gasteiger partial charge in [-0.1, -0.05) is 42.5 Å². The van der Waals surface area contributed by atoms with Crippen LogP contribution in [0.4, 0.5) is 5.69 Å². The lowest BCUT2D eigenvalue weighted by Gasteiger charge is -2.08. The molecular weight excluding hydrogens is 226 g/mol. The molecule has 0 radical (unpaired) electrons. The van der Waals surface area contributed by atoms with Gasteiger partial charge in [-0.2, -0.15) is 0 Å². The molecule has 2 aromatic rings. The molecule has 0 spiro atoms. The van der Waals surface area contributed by atoms with Crippen molar-refractivity contribution in [3.63, 3.8) is 0 Å². The van der Waals surface area contributed by atoms with Crippen LogP contribution >= 0.6 is 0 Å². The number of nitrogens with zero attached hydrogens (tertiary/aromatic N) is 1. The number of benzene rings is 2. The third kappa shape index (κ3) is 3.25. The molecule has 92 valence electrons. The molecule has 0 heterocycles. The van der Waals surface area contributed by atoms with E-state index in [2.05, 4.69) is 4.99 Å². The van der Waals surface area contributed by atoms with Gasteiger partial charge in [-0.05, 0) is 17.7 Å². The molecule has 0 aliphatic rings. The lowest BCUT2D eigenvalue weighted by atomic mass is 10.2. The van der Waals surface area contributed by atoms with Gasteiger partial charge < -0.3 is 16.2 Å². The summed E-state index contributed by atoms with van der Waals surface area (Å²) in [6.45, 7) is 0.484. The number of hydrogen-bond donors (Lipinski definition) is 2. The van der Waals surface area contributed by atoms with Gasteiger partial charge >= 0.3 is 0 Å². The molecule has 4 N–H and O–H groups in total. The van der Waals surface area contributed by atoms with Crippen LogP contribution in [0.15, 0.2) is 59.6 Å². The van der Waals surface area contributed by atoms with Crippen LogP contribution in [0.2, 0.25) is 0 Å². The van der Waals surface area contributed by atoms with Gasteiger partial charge in [0.15, 0.2) is 5.96 Å². The third-order valence-corrected chi connectivity index (χ3v) is 2.35. The molecule has 0 saturated carbocycles. The van der Waals surface area contributed by atoms with Crippen LogP contribution in [0.25, 0.3) is 0 Å². The van der Waals surface area contributed by atoms with Gasteiger partial charge in [-0.15, -0.1) is 0 Å². The van der Waals surface area contributed by atoms with Crippen molar-refractivity contribution in [2.75, 3.05) is 0 Å². The Bertz CT molecular complexity index is 534. The summed E-state index contributed by atoms with van der Waals surface area (Å²) in [7, 11) is 0. The number of ether oxygens (including phenoxy) is 1. The molecule has 18 heavy (non-hydrogen) atoms.